The van der Waals surface area contributed by atoms with Crippen LogP contribution in [0, 0.1) is 0 Å². The summed E-state index contributed by atoms with van der Waals surface area (Å²) < 4.78 is 0. The summed E-state index contributed by atoms with van der Waals surface area (Å²) in [6.07, 6.45) is 0. The van der Waals surface area contributed by atoms with Crippen LogP contribution in [-0.2, 0) is 0 Å². The Hall–Kier alpha value is -0.840. The highest BCUT2D eigenvalue weighted by molar-refractivity contribution is 7.80. The van der Waals surface area contributed by atoms with E-state index in [2.05, 4.69) is 22.9 Å². The van der Waals surface area contributed by atoms with E-state index in [1.807, 2.05) is 0 Å². The fraction of sp³-hybridized carbons (Fsp3) is 0.333. The summed E-state index contributed by atoms with van der Waals surface area (Å²) in [7, 11) is 1.60. The van der Waals surface area contributed by atoms with Crippen molar-refractivity contribution in [3.8, 4) is 0 Å². The van der Waals surface area contributed by atoms with Gasteiger partial charge in [-0.15, -0.1) is 0 Å². The zero-order chi connectivity index (χ0) is 6.57. The van der Waals surface area contributed by atoms with E-state index in [0.717, 1.165) is 0 Å². The van der Waals surface area contributed by atoms with Crippen molar-refractivity contribution in [2.75, 3.05) is 7.05 Å². The molecule has 4 N–H and O–H groups in total. The van der Waals surface area contributed by atoms with Gasteiger partial charge in [0, 0.05) is 7.05 Å². The zero-order valence-corrected chi connectivity index (χ0v) is 5.21. The third-order valence-electron chi connectivity index (χ3n) is 0.464. The average molecular weight is 133 g/mol. The quantitative estimate of drug-likeness (QED) is 0.377. The highest BCUT2D eigenvalue weighted by atomic mass is 32.1. The molecule has 0 unspecified atom stereocenters. The van der Waals surface area contributed by atoms with Crippen molar-refractivity contribution < 1.29 is 4.79 Å². The molecule has 0 aliphatic heterocycles. The molecule has 4 nitrogen and oxygen atoms in total. The minimum absolute atomic E-state index is 0.234. The topological polar surface area (TPSA) is 67.2 Å². The molecule has 0 radical (unpaired) electrons. The molecule has 0 fully saturated rings. The summed E-state index contributed by atoms with van der Waals surface area (Å²) >= 11 is 4.51. The Labute approximate surface area is 52.4 Å². The summed E-state index contributed by atoms with van der Waals surface area (Å²) in [5, 5.41) is 4.90. The number of carbonyl (C=O) groups is 1. The van der Waals surface area contributed by atoms with Gasteiger partial charge in [0.25, 0.3) is 0 Å². The molecule has 8 heavy (non-hydrogen) atoms. The molecule has 0 aromatic carbocycles. The first kappa shape index (κ1) is 7.16. The van der Waals surface area contributed by atoms with E-state index in [-0.39, 0.29) is 5.11 Å². The lowest BCUT2D eigenvalue weighted by Crippen LogP contribution is -2.40. The lowest BCUT2D eigenvalue weighted by Gasteiger charge is -1.99. The summed E-state index contributed by atoms with van der Waals surface area (Å²) in [6.45, 7) is 0. The second-order valence-corrected chi connectivity index (χ2v) is 1.48. The third-order valence-corrected chi connectivity index (χ3v) is 0.770. The zero-order valence-electron chi connectivity index (χ0n) is 4.39. The maximum atomic E-state index is 9.95. The van der Waals surface area contributed by atoms with Crippen LogP contribution in [0.2, 0.25) is 0 Å². The Balaban J connectivity index is 3.40. The van der Waals surface area contributed by atoms with Crippen molar-refractivity contribution in [1.29, 1.82) is 0 Å². The fourth-order valence-electron chi connectivity index (χ4n) is 0.174. The normalized spacial score (nSPS) is 7.62. The summed E-state index contributed by atoms with van der Waals surface area (Å²) in [5.41, 5.74) is 4.69. The second kappa shape index (κ2) is 3.20. The van der Waals surface area contributed by atoms with Crippen molar-refractivity contribution in [2.24, 2.45) is 5.73 Å². The van der Waals surface area contributed by atoms with E-state index < -0.39 is 6.03 Å². The Kier molecular flexibility index (Phi) is 2.86. The summed E-state index contributed by atoms with van der Waals surface area (Å²) in [5.74, 6) is 0. The van der Waals surface area contributed by atoms with E-state index in [1.54, 1.807) is 7.05 Å². The molecule has 2 amide bonds. The van der Waals surface area contributed by atoms with E-state index in [9.17, 15) is 4.79 Å². The predicted molar refractivity (Wildman–Crippen MR) is 34.4 cm³/mol. The van der Waals surface area contributed by atoms with Gasteiger partial charge in [-0.25, -0.2) is 4.79 Å². The van der Waals surface area contributed by atoms with Crippen molar-refractivity contribution in [3.63, 3.8) is 0 Å². The number of hydrogen-bond donors (Lipinski definition) is 3. The Bertz CT molecular complexity index is 113. The molecule has 5 heteroatoms. The average Bonchev–Trinajstić information content (AvgIpc) is 1.65. The minimum Gasteiger partial charge on any atom is -0.365 e. The Morgan fingerprint density at radius 1 is 1.75 bits per heavy atom. The summed E-state index contributed by atoms with van der Waals surface area (Å²) in [6, 6.07) is -0.649. The molecule has 0 atom stereocenters. The summed E-state index contributed by atoms with van der Waals surface area (Å²) in [4.78, 5) is 9.95. The maximum Gasteiger partial charge on any atom is 0.318 e. The molecule has 0 aromatic heterocycles. The standard InChI is InChI=1S/C3H7N3OS/c1-5-3(8)6-2(4)7/h1H3,(H4,4,5,6,7,8). The van der Waals surface area contributed by atoms with Crippen LogP contribution < -0.4 is 16.4 Å². The molecular weight excluding hydrogens is 126 g/mol. The van der Waals surface area contributed by atoms with E-state index >= 15 is 0 Å². The lowest BCUT2D eigenvalue weighted by atomic mass is 10.9. The molecule has 0 aliphatic carbocycles. The third kappa shape index (κ3) is 3.35. The SMILES string of the molecule is CNC(=S)NC(N)=O. The van der Waals surface area contributed by atoms with Crippen LogP contribution in [0.5, 0.6) is 0 Å². The molecule has 0 spiro atoms. The molecular formula is C3H7N3OS. The number of rotatable bonds is 0. The Morgan fingerprint density at radius 3 is 2.38 bits per heavy atom. The number of primary amides is 1. The number of amides is 2. The van der Waals surface area contributed by atoms with Crippen LogP contribution in [0.15, 0.2) is 0 Å². The molecule has 0 rings (SSSR count). The van der Waals surface area contributed by atoms with Crippen LogP contribution in [0.3, 0.4) is 0 Å². The molecule has 46 valence electrons. The maximum absolute atomic E-state index is 9.95. The van der Waals surface area contributed by atoms with Gasteiger partial charge in [0.1, 0.15) is 0 Å². The first-order chi connectivity index (χ1) is 3.66. The van der Waals surface area contributed by atoms with Gasteiger partial charge in [0.2, 0.25) is 0 Å². The number of nitrogens with one attached hydrogen (secondary N) is 2. The predicted octanol–water partition coefficient (Wildman–Crippen LogP) is -0.841. The van der Waals surface area contributed by atoms with Crippen LogP contribution >= 0.6 is 12.2 Å². The van der Waals surface area contributed by atoms with Crippen molar-refractivity contribution in [1.82, 2.24) is 10.6 Å². The number of urea groups is 1. The molecule has 0 bridgehead atoms. The number of carbonyl (C=O) groups excluding carboxylic acids is 1. The first-order valence-corrected chi connectivity index (χ1v) is 2.36. The van der Waals surface area contributed by atoms with E-state index in [4.69, 9.17) is 5.73 Å². The van der Waals surface area contributed by atoms with Crippen LogP contribution in [-0.4, -0.2) is 18.2 Å². The monoisotopic (exact) mass is 133 g/mol. The van der Waals surface area contributed by atoms with E-state index in [1.165, 1.54) is 0 Å². The molecule has 0 saturated carbocycles. The largest absolute Gasteiger partial charge is 0.365 e. The van der Waals surface area contributed by atoms with Crippen LogP contribution in [0.4, 0.5) is 4.79 Å². The highest BCUT2D eigenvalue weighted by Gasteiger charge is 1.91. The molecule has 0 aliphatic rings. The molecule has 0 saturated heterocycles. The molecule has 0 heterocycles. The van der Waals surface area contributed by atoms with Crippen molar-refractivity contribution in [3.05, 3.63) is 0 Å². The van der Waals surface area contributed by atoms with Crippen molar-refractivity contribution in [2.45, 2.75) is 0 Å². The van der Waals surface area contributed by atoms with Gasteiger partial charge in [-0.2, -0.15) is 0 Å². The highest BCUT2D eigenvalue weighted by Crippen LogP contribution is 1.59. The smallest absolute Gasteiger partial charge is 0.318 e. The van der Waals surface area contributed by atoms with Gasteiger partial charge in [-0.3, -0.25) is 5.32 Å². The lowest BCUT2D eigenvalue weighted by molar-refractivity contribution is 0.253. The van der Waals surface area contributed by atoms with Crippen molar-refractivity contribution >= 4 is 23.4 Å². The number of hydrogen-bond acceptors (Lipinski definition) is 2. The fourth-order valence-corrected chi connectivity index (χ4v) is 0.275. The van der Waals surface area contributed by atoms with Gasteiger partial charge < -0.3 is 11.1 Å². The van der Waals surface area contributed by atoms with Gasteiger partial charge in [0.05, 0.1) is 0 Å². The van der Waals surface area contributed by atoms with Gasteiger partial charge in [-0.1, -0.05) is 0 Å². The van der Waals surface area contributed by atoms with Gasteiger partial charge in [0.15, 0.2) is 5.11 Å². The number of thiocarbonyl (C=S) groups is 1. The van der Waals surface area contributed by atoms with Gasteiger partial charge >= 0.3 is 6.03 Å². The van der Waals surface area contributed by atoms with Gasteiger partial charge in [-0.05, 0) is 12.2 Å². The van der Waals surface area contributed by atoms with Crippen LogP contribution in [0.25, 0.3) is 0 Å². The number of nitrogens with two attached hydrogens (primary N) is 1. The molecule has 0 aromatic rings. The van der Waals surface area contributed by atoms with E-state index in [0.29, 0.717) is 0 Å². The second-order valence-electron chi connectivity index (χ2n) is 1.07. The van der Waals surface area contributed by atoms with Crippen LogP contribution in [0.1, 0.15) is 0 Å². The Morgan fingerprint density at radius 2 is 2.25 bits per heavy atom. The first-order valence-electron chi connectivity index (χ1n) is 1.95. The minimum atomic E-state index is -0.649.